The molecule has 24 heavy (non-hydrogen) atoms. The average molecular weight is 343 g/mol. The Morgan fingerprint density at radius 2 is 1.50 bits per heavy atom. The van der Waals surface area contributed by atoms with E-state index in [1.165, 1.54) is 0 Å². The quantitative estimate of drug-likeness (QED) is 0.767. The summed E-state index contributed by atoms with van der Waals surface area (Å²) in [6.45, 7) is 10.8. The van der Waals surface area contributed by atoms with Crippen LogP contribution in [0.1, 0.15) is 67.2 Å². The third-order valence-electron chi connectivity index (χ3n) is 3.98. The summed E-state index contributed by atoms with van der Waals surface area (Å²) in [6, 6.07) is -0.348. The molecule has 1 atom stereocenters. The van der Waals surface area contributed by atoms with Gasteiger partial charge in [-0.05, 0) is 73.1 Å². The fourth-order valence-electron chi connectivity index (χ4n) is 2.91. The van der Waals surface area contributed by atoms with Crippen molar-refractivity contribution < 1.29 is 24.2 Å². The van der Waals surface area contributed by atoms with Gasteiger partial charge in [0.1, 0.15) is 11.2 Å². The first-order valence-corrected chi connectivity index (χ1v) is 8.74. The first kappa shape index (κ1) is 20.7. The van der Waals surface area contributed by atoms with Crippen LogP contribution >= 0.6 is 0 Å². The molecular formula is C18H33NO5. The zero-order valence-corrected chi connectivity index (χ0v) is 15.8. The molecule has 1 aliphatic carbocycles. The maximum absolute atomic E-state index is 12.1. The number of nitrogens with one attached hydrogen (secondary N) is 1. The molecule has 1 fully saturated rings. The topological polar surface area (TPSA) is 84.9 Å². The Kier molecular flexibility index (Phi) is 7.08. The maximum Gasteiger partial charge on any atom is 0.407 e. The molecule has 6 heteroatoms. The van der Waals surface area contributed by atoms with Gasteiger partial charge in [-0.1, -0.05) is 0 Å². The van der Waals surface area contributed by atoms with Crippen LogP contribution in [0.15, 0.2) is 0 Å². The van der Waals surface area contributed by atoms with Gasteiger partial charge in [-0.2, -0.15) is 0 Å². The largest absolute Gasteiger partial charge is 0.460 e. The average Bonchev–Trinajstić information content (AvgIpc) is 2.41. The number of carbonyl (C=O) groups is 2. The summed E-state index contributed by atoms with van der Waals surface area (Å²) in [5, 5.41) is 12.3. The van der Waals surface area contributed by atoms with E-state index < -0.39 is 17.3 Å². The SMILES string of the molecule is CC(C)(C)OC(=O)NC(CO)C1CCC(C(=O)OC(C)(C)C)CC1. The van der Waals surface area contributed by atoms with Crippen LogP contribution < -0.4 is 5.32 Å². The molecule has 0 spiro atoms. The minimum atomic E-state index is -0.571. The molecule has 140 valence electrons. The summed E-state index contributed by atoms with van der Waals surface area (Å²) >= 11 is 0. The van der Waals surface area contributed by atoms with Crippen molar-refractivity contribution in [2.45, 2.75) is 84.5 Å². The number of rotatable bonds is 4. The highest BCUT2D eigenvalue weighted by Gasteiger charge is 2.33. The molecule has 0 aliphatic heterocycles. The van der Waals surface area contributed by atoms with Crippen LogP contribution in [0, 0.1) is 11.8 Å². The second-order valence-corrected chi connectivity index (χ2v) is 8.58. The molecule has 0 bridgehead atoms. The minimum Gasteiger partial charge on any atom is -0.460 e. The Morgan fingerprint density at radius 1 is 1.00 bits per heavy atom. The number of hydrogen-bond donors (Lipinski definition) is 2. The molecule has 0 aromatic rings. The predicted octanol–water partition coefficient (Wildman–Crippen LogP) is 3.02. The maximum atomic E-state index is 12.1. The molecule has 0 saturated heterocycles. The zero-order chi connectivity index (χ0) is 18.5. The summed E-state index contributed by atoms with van der Waals surface area (Å²) in [6.07, 6.45) is 2.45. The third-order valence-corrected chi connectivity index (χ3v) is 3.98. The molecule has 1 aliphatic rings. The van der Waals surface area contributed by atoms with Crippen molar-refractivity contribution in [2.75, 3.05) is 6.61 Å². The van der Waals surface area contributed by atoms with E-state index >= 15 is 0 Å². The molecule has 2 N–H and O–H groups in total. The second-order valence-electron chi connectivity index (χ2n) is 8.58. The van der Waals surface area contributed by atoms with E-state index in [-0.39, 0.29) is 30.5 Å². The van der Waals surface area contributed by atoms with Crippen molar-refractivity contribution in [3.05, 3.63) is 0 Å². The van der Waals surface area contributed by atoms with E-state index in [1.807, 2.05) is 20.8 Å². The van der Waals surface area contributed by atoms with Crippen molar-refractivity contribution in [3.63, 3.8) is 0 Å². The van der Waals surface area contributed by atoms with Gasteiger partial charge in [0.25, 0.3) is 0 Å². The number of aliphatic hydroxyl groups excluding tert-OH is 1. The molecule has 0 aromatic carbocycles. The van der Waals surface area contributed by atoms with Gasteiger partial charge in [0, 0.05) is 0 Å². The van der Waals surface area contributed by atoms with E-state index in [2.05, 4.69) is 5.32 Å². The van der Waals surface area contributed by atoms with Crippen LogP contribution in [0.5, 0.6) is 0 Å². The summed E-state index contributed by atoms with van der Waals surface area (Å²) in [5.74, 6) is -0.107. The number of carbonyl (C=O) groups excluding carboxylic acids is 2. The van der Waals surface area contributed by atoms with E-state index in [1.54, 1.807) is 20.8 Å². The first-order chi connectivity index (χ1) is 10.9. The van der Waals surface area contributed by atoms with E-state index in [0.29, 0.717) is 12.8 Å². The summed E-state index contributed by atoms with van der Waals surface area (Å²) in [5.41, 5.74) is -1.04. The molecule has 1 rings (SSSR count). The number of amides is 1. The van der Waals surface area contributed by atoms with Crippen LogP contribution in [0.2, 0.25) is 0 Å². The van der Waals surface area contributed by atoms with Crippen LogP contribution in [0.3, 0.4) is 0 Å². The second kappa shape index (κ2) is 8.19. The highest BCUT2D eigenvalue weighted by atomic mass is 16.6. The van der Waals surface area contributed by atoms with Crippen LogP contribution in [0.4, 0.5) is 4.79 Å². The Bertz CT molecular complexity index is 428. The van der Waals surface area contributed by atoms with Crippen LogP contribution in [-0.2, 0) is 14.3 Å². The lowest BCUT2D eigenvalue weighted by atomic mass is 9.78. The standard InChI is InChI=1S/C18H33NO5/c1-17(2,3)23-15(21)13-9-7-12(8-10-13)14(11-20)19-16(22)24-18(4,5)6/h12-14,20H,7-11H2,1-6H3,(H,19,22). The normalized spacial score (nSPS) is 23.3. The molecule has 0 radical (unpaired) electrons. The molecule has 6 nitrogen and oxygen atoms in total. The van der Waals surface area contributed by atoms with Gasteiger partial charge in [-0.15, -0.1) is 0 Å². The summed E-state index contributed by atoms with van der Waals surface area (Å²) in [7, 11) is 0. The fourth-order valence-corrected chi connectivity index (χ4v) is 2.91. The lowest BCUT2D eigenvalue weighted by Gasteiger charge is -2.34. The minimum absolute atomic E-state index is 0.0960. The van der Waals surface area contributed by atoms with Gasteiger partial charge < -0.3 is 19.9 Å². The van der Waals surface area contributed by atoms with Crippen molar-refractivity contribution in [3.8, 4) is 0 Å². The van der Waals surface area contributed by atoms with Crippen LogP contribution in [-0.4, -0.2) is 41.0 Å². The number of alkyl carbamates (subject to hydrolysis) is 1. The predicted molar refractivity (Wildman–Crippen MR) is 91.5 cm³/mol. The highest BCUT2D eigenvalue weighted by molar-refractivity contribution is 5.73. The monoisotopic (exact) mass is 343 g/mol. The molecule has 0 heterocycles. The Balaban J connectivity index is 2.49. The van der Waals surface area contributed by atoms with Gasteiger partial charge >= 0.3 is 12.1 Å². The Hall–Kier alpha value is -1.30. The van der Waals surface area contributed by atoms with Gasteiger partial charge in [-0.3, -0.25) is 4.79 Å². The lowest BCUT2D eigenvalue weighted by molar-refractivity contribution is -0.161. The van der Waals surface area contributed by atoms with E-state index in [9.17, 15) is 14.7 Å². The van der Waals surface area contributed by atoms with Gasteiger partial charge in [0.15, 0.2) is 0 Å². The molecule has 0 aromatic heterocycles. The smallest absolute Gasteiger partial charge is 0.407 e. The van der Waals surface area contributed by atoms with E-state index in [0.717, 1.165) is 12.8 Å². The summed E-state index contributed by atoms with van der Waals surface area (Å²) < 4.78 is 10.7. The van der Waals surface area contributed by atoms with Gasteiger partial charge in [-0.25, -0.2) is 4.79 Å². The highest BCUT2D eigenvalue weighted by Crippen LogP contribution is 2.32. The van der Waals surface area contributed by atoms with Crippen molar-refractivity contribution in [1.29, 1.82) is 0 Å². The lowest BCUT2D eigenvalue weighted by Crippen LogP contribution is -2.46. The van der Waals surface area contributed by atoms with Crippen LogP contribution in [0.25, 0.3) is 0 Å². The fraction of sp³-hybridized carbons (Fsp3) is 0.889. The van der Waals surface area contributed by atoms with Gasteiger partial charge in [0.05, 0.1) is 18.6 Å². The molecule has 1 saturated carbocycles. The zero-order valence-electron chi connectivity index (χ0n) is 15.8. The first-order valence-electron chi connectivity index (χ1n) is 8.74. The van der Waals surface area contributed by atoms with Crippen molar-refractivity contribution in [2.24, 2.45) is 11.8 Å². The Morgan fingerprint density at radius 3 is 1.92 bits per heavy atom. The summed E-state index contributed by atoms with van der Waals surface area (Å²) in [4.78, 5) is 24.0. The van der Waals surface area contributed by atoms with Gasteiger partial charge in [0.2, 0.25) is 0 Å². The molecule has 1 amide bonds. The van der Waals surface area contributed by atoms with Crippen molar-refractivity contribution in [1.82, 2.24) is 5.32 Å². The molecule has 1 unspecified atom stereocenters. The number of esters is 1. The molecular weight excluding hydrogens is 310 g/mol. The number of aliphatic hydroxyl groups is 1. The number of ether oxygens (including phenoxy) is 2. The van der Waals surface area contributed by atoms with E-state index in [4.69, 9.17) is 9.47 Å². The Labute approximate surface area is 145 Å². The number of hydrogen-bond acceptors (Lipinski definition) is 5. The third kappa shape index (κ3) is 7.51. The van der Waals surface area contributed by atoms with Crippen molar-refractivity contribution >= 4 is 12.1 Å².